The summed E-state index contributed by atoms with van der Waals surface area (Å²) in [6, 6.07) is 9.75. The van der Waals surface area contributed by atoms with E-state index in [2.05, 4.69) is 15.0 Å². The first kappa shape index (κ1) is 19.3. The number of Topliss-reactive ketones (excluding diaryl/α,β-unsaturated/α-hetero) is 1. The van der Waals surface area contributed by atoms with Gasteiger partial charge in [0.1, 0.15) is 5.78 Å². The largest absolute Gasteiger partial charge is 0.480 e. The molecule has 1 aromatic carbocycles. The van der Waals surface area contributed by atoms with Crippen molar-refractivity contribution in [2.24, 2.45) is 0 Å². The number of fused-ring (bicyclic) bond motifs is 1. The smallest absolute Gasteiger partial charge is 0.319 e. The fourth-order valence-corrected chi connectivity index (χ4v) is 3.87. The molecule has 0 unspecified atom stereocenters. The van der Waals surface area contributed by atoms with Gasteiger partial charge in [-0.1, -0.05) is 12.1 Å². The van der Waals surface area contributed by atoms with Gasteiger partial charge in [-0.25, -0.2) is 4.98 Å². The fraction of sp³-hybridized carbons (Fsp3) is 0.304. The van der Waals surface area contributed by atoms with E-state index in [9.17, 15) is 4.79 Å². The molecule has 158 valence electrons. The number of ether oxygens (including phenoxy) is 4. The summed E-state index contributed by atoms with van der Waals surface area (Å²) in [5.74, 6) is 1.99. The van der Waals surface area contributed by atoms with Crippen molar-refractivity contribution in [3.63, 3.8) is 0 Å². The number of carbonyl (C=O) groups excluding carboxylic acids is 1. The van der Waals surface area contributed by atoms with E-state index in [1.165, 1.54) is 14.2 Å². The molecule has 1 fully saturated rings. The standard InChI is InChI=1S/C23H21N3O5/c1-28-21-17(12-25-22(26-21)29-2)14-3-5-16(24-11-14)10-20(27)23(7-8-23)15-4-6-18-19(9-15)31-13-30-18/h3-6,9,11-12H,7-8,10,13H2,1-2H3. The van der Waals surface area contributed by atoms with E-state index in [-0.39, 0.29) is 25.0 Å². The second-order valence-electron chi connectivity index (χ2n) is 7.57. The van der Waals surface area contributed by atoms with Gasteiger partial charge in [0.15, 0.2) is 11.5 Å². The van der Waals surface area contributed by atoms with Gasteiger partial charge in [-0.15, -0.1) is 0 Å². The highest BCUT2D eigenvalue weighted by Crippen LogP contribution is 2.51. The van der Waals surface area contributed by atoms with Crippen LogP contribution < -0.4 is 18.9 Å². The van der Waals surface area contributed by atoms with Crippen LogP contribution in [0.2, 0.25) is 0 Å². The van der Waals surface area contributed by atoms with Gasteiger partial charge in [0.2, 0.25) is 12.7 Å². The maximum Gasteiger partial charge on any atom is 0.319 e. The number of nitrogens with zero attached hydrogens (tertiary/aromatic N) is 3. The third-order valence-electron chi connectivity index (χ3n) is 5.79. The monoisotopic (exact) mass is 419 g/mol. The minimum Gasteiger partial charge on any atom is -0.480 e. The van der Waals surface area contributed by atoms with E-state index in [1.807, 2.05) is 30.3 Å². The molecule has 1 aliphatic carbocycles. The van der Waals surface area contributed by atoms with Crippen LogP contribution in [0.3, 0.4) is 0 Å². The molecule has 3 heterocycles. The highest BCUT2D eigenvalue weighted by atomic mass is 16.7. The molecule has 8 nitrogen and oxygen atoms in total. The SMILES string of the molecule is COc1ncc(-c2ccc(CC(=O)C3(c4ccc5c(c4)OCO5)CC3)nc2)c(OC)n1. The molecule has 0 N–H and O–H groups in total. The summed E-state index contributed by atoms with van der Waals surface area (Å²) in [6.07, 6.45) is 5.28. The fourth-order valence-electron chi connectivity index (χ4n) is 3.87. The third-order valence-corrected chi connectivity index (χ3v) is 5.79. The Kier molecular flexibility index (Phi) is 4.69. The predicted molar refractivity (Wildman–Crippen MR) is 111 cm³/mol. The van der Waals surface area contributed by atoms with Gasteiger partial charge >= 0.3 is 6.01 Å². The molecule has 2 aromatic heterocycles. The molecule has 0 amide bonds. The Bertz CT molecular complexity index is 1140. The zero-order chi connectivity index (χ0) is 21.4. The summed E-state index contributed by atoms with van der Waals surface area (Å²) < 4.78 is 21.2. The van der Waals surface area contributed by atoms with Crippen molar-refractivity contribution in [3.8, 4) is 34.5 Å². The number of methoxy groups -OCH3 is 2. The maximum absolute atomic E-state index is 13.2. The third kappa shape index (κ3) is 3.43. The second-order valence-corrected chi connectivity index (χ2v) is 7.57. The molecule has 5 rings (SSSR count). The van der Waals surface area contributed by atoms with Gasteiger partial charge in [-0.2, -0.15) is 4.98 Å². The van der Waals surface area contributed by atoms with Crippen LogP contribution in [0.1, 0.15) is 24.1 Å². The molecule has 0 atom stereocenters. The number of rotatable bonds is 7. The summed E-state index contributed by atoms with van der Waals surface area (Å²) >= 11 is 0. The molecule has 0 spiro atoms. The zero-order valence-electron chi connectivity index (χ0n) is 17.3. The lowest BCUT2D eigenvalue weighted by molar-refractivity contribution is -0.120. The Morgan fingerprint density at radius 2 is 1.87 bits per heavy atom. The van der Waals surface area contributed by atoms with Crippen molar-refractivity contribution in [1.29, 1.82) is 0 Å². The lowest BCUT2D eigenvalue weighted by Crippen LogP contribution is -2.22. The highest BCUT2D eigenvalue weighted by molar-refractivity contribution is 5.94. The van der Waals surface area contributed by atoms with E-state index < -0.39 is 5.41 Å². The molecular weight excluding hydrogens is 398 g/mol. The van der Waals surface area contributed by atoms with Crippen LogP contribution in [0.4, 0.5) is 0 Å². The van der Waals surface area contributed by atoms with Crippen molar-refractivity contribution in [1.82, 2.24) is 15.0 Å². The van der Waals surface area contributed by atoms with E-state index in [1.54, 1.807) is 12.4 Å². The average molecular weight is 419 g/mol. The molecule has 31 heavy (non-hydrogen) atoms. The van der Waals surface area contributed by atoms with Gasteiger partial charge < -0.3 is 18.9 Å². The number of hydrogen-bond donors (Lipinski definition) is 0. The molecule has 2 aliphatic rings. The lowest BCUT2D eigenvalue weighted by Gasteiger charge is -2.15. The first-order chi connectivity index (χ1) is 15.1. The molecule has 0 radical (unpaired) electrons. The quantitative estimate of drug-likeness (QED) is 0.577. The number of benzene rings is 1. The first-order valence-corrected chi connectivity index (χ1v) is 9.97. The van der Waals surface area contributed by atoms with Crippen LogP contribution in [-0.2, 0) is 16.6 Å². The Hall–Kier alpha value is -3.68. The van der Waals surface area contributed by atoms with E-state index in [4.69, 9.17) is 18.9 Å². The summed E-state index contributed by atoms with van der Waals surface area (Å²) in [4.78, 5) is 26.0. The predicted octanol–water partition coefficient (Wildman–Crippen LogP) is 3.13. The maximum atomic E-state index is 13.2. The van der Waals surface area contributed by atoms with Crippen molar-refractivity contribution >= 4 is 5.78 Å². The molecule has 0 bridgehead atoms. The number of hydrogen-bond acceptors (Lipinski definition) is 8. The van der Waals surface area contributed by atoms with Crippen LogP contribution >= 0.6 is 0 Å². The van der Waals surface area contributed by atoms with Gasteiger partial charge in [-0.3, -0.25) is 9.78 Å². The van der Waals surface area contributed by atoms with Crippen LogP contribution in [-0.4, -0.2) is 41.7 Å². The van der Waals surface area contributed by atoms with Gasteiger partial charge in [0.25, 0.3) is 0 Å². The average Bonchev–Trinajstić information content (AvgIpc) is 3.50. The molecule has 3 aromatic rings. The molecule has 1 aliphatic heterocycles. The van der Waals surface area contributed by atoms with Crippen molar-refractivity contribution in [2.45, 2.75) is 24.7 Å². The summed E-state index contributed by atoms with van der Waals surface area (Å²) in [7, 11) is 3.04. The molecule has 0 saturated heterocycles. The number of pyridine rings is 1. The minimum absolute atomic E-state index is 0.164. The van der Waals surface area contributed by atoms with Crippen molar-refractivity contribution < 1.29 is 23.7 Å². The summed E-state index contributed by atoms with van der Waals surface area (Å²) in [5.41, 5.74) is 2.75. The topological polar surface area (TPSA) is 92.7 Å². The normalized spacial score (nSPS) is 15.4. The van der Waals surface area contributed by atoms with Crippen LogP contribution in [0.5, 0.6) is 23.4 Å². The number of carbonyl (C=O) groups is 1. The van der Waals surface area contributed by atoms with E-state index in [0.29, 0.717) is 22.9 Å². The van der Waals surface area contributed by atoms with E-state index in [0.717, 1.165) is 29.7 Å². The Morgan fingerprint density at radius 3 is 2.58 bits per heavy atom. The Morgan fingerprint density at radius 1 is 1.03 bits per heavy atom. The van der Waals surface area contributed by atoms with Crippen LogP contribution in [0.15, 0.2) is 42.7 Å². The molecule has 8 heteroatoms. The van der Waals surface area contributed by atoms with Crippen LogP contribution in [0.25, 0.3) is 11.1 Å². The highest BCUT2D eigenvalue weighted by Gasteiger charge is 2.50. The van der Waals surface area contributed by atoms with Gasteiger partial charge in [0, 0.05) is 30.1 Å². The second kappa shape index (κ2) is 7.54. The zero-order valence-corrected chi connectivity index (χ0v) is 17.3. The Labute approximate surface area is 179 Å². The van der Waals surface area contributed by atoms with Gasteiger partial charge in [0.05, 0.1) is 25.2 Å². The van der Waals surface area contributed by atoms with Gasteiger partial charge in [-0.05, 0) is 36.6 Å². The minimum atomic E-state index is -0.450. The molecular formula is C23H21N3O5. The Balaban J connectivity index is 1.34. The number of aromatic nitrogens is 3. The lowest BCUT2D eigenvalue weighted by atomic mass is 9.88. The summed E-state index contributed by atoms with van der Waals surface area (Å²) in [6.45, 7) is 0.222. The van der Waals surface area contributed by atoms with Crippen LogP contribution in [0, 0.1) is 0 Å². The van der Waals surface area contributed by atoms with E-state index >= 15 is 0 Å². The number of ketones is 1. The van der Waals surface area contributed by atoms with Crippen molar-refractivity contribution in [3.05, 3.63) is 54.0 Å². The summed E-state index contributed by atoms with van der Waals surface area (Å²) in [5, 5.41) is 0. The molecule has 1 saturated carbocycles. The van der Waals surface area contributed by atoms with Crippen molar-refractivity contribution in [2.75, 3.05) is 21.0 Å². The first-order valence-electron chi connectivity index (χ1n) is 9.97.